The second kappa shape index (κ2) is 6.86. The van der Waals surface area contributed by atoms with Crippen LogP contribution in [0.15, 0.2) is 36.8 Å². The van der Waals surface area contributed by atoms with Crippen LogP contribution in [0.1, 0.15) is 24.2 Å². The van der Waals surface area contributed by atoms with Gasteiger partial charge in [0.2, 0.25) is 0 Å². The molecule has 2 aromatic rings. The maximum atomic E-state index is 5.45. The monoisotopic (exact) mass is 273 g/mol. The normalized spacial score (nSPS) is 11.9. The molecule has 0 saturated carbocycles. The molecule has 1 heterocycles. The SMILES string of the molecule is CCNC(c1ccncn1)c1cc(OC)ccc1OC. The van der Waals surface area contributed by atoms with Gasteiger partial charge in [-0.25, -0.2) is 9.97 Å². The zero-order chi connectivity index (χ0) is 14.4. The lowest BCUT2D eigenvalue weighted by atomic mass is 10.0. The van der Waals surface area contributed by atoms with E-state index in [-0.39, 0.29) is 6.04 Å². The molecule has 106 valence electrons. The molecule has 0 saturated heterocycles. The minimum Gasteiger partial charge on any atom is -0.497 e. The van der Waals surface area contributed by atoms with Gasteiger partial charge in [0.1, 0.15) is 17.8 Å². The number of ether oxygens (including phenoxy) is 2. The first-order valence-electron chi connectivity index (χ1n) is 6.51. The molecule has 1 aromatic carbocycles. The Morgan fingerprint density at radius 1 is 1.20 bits per heavy atom. The van der Waals surface area contributed by atoms with E-state index in [0.717, 1.165) is 29.3 Å². The summed E-state index contributed by atoms with van der Waals surface area (Å²) in [5.74, 6) is 1.59. The van der Waals surface area contributed by atoms with Gasteiger partial charge in [-0.2, -0.15) is 0 Å². The highest BCUT2D eigenvalue weighted by atomic mass is 16.5. The molecule has 0 aliphatic carbocycles. The summed E-state index contributed by atoms with van der Waals surface area (Å²) in [5, 5.41) is 3.42. The molecule has 1 N–H and O–H groups in total. The standard InChI is InChI=1S/C15H19N3O2/c1-4-17-15(13-7-8-16-10-18-13)12-9-11(19-2)5-6-14(12)20-3/h5-10,15,17H,4H2,1-3H3. The Balaban J connectivity index is 2.48. The zero-order valence-electron chi connectivity index (χ0n) is 12.0. The van der Waals surface area contributed by atoms with Crippen molar-refractivity contribution in [2.75, 3.05) is 20.8 Å². The van der Waals surface area contributed by atoms with Crippen molar-refractivity contribution in [3.8, 4) is 11.5 Å². The molecule has 0 aliphatic heterocycles. The van der Waals surface area contributed by atoms with Crippen molar-refractivity contribution >= 4 is 0 Å². The van der Waals surface area contributed by atoms with Gasteiger partial charge in [0.05, 0.1) is 26.0 Å². The first kappa shape index (κ1) is 14.3. The lowest BCUT2D eigenvalue weighted by Gasteiger charge is -2.20. The van der Waals surface area contributed by atoms with E-state index in [4.69, 9.17) is 9.47 Å². The summed E-state index contributed by atoms with van der Waals surface area (Å²) in [7, 11) is 3.31. The van der Waals surface area contributed by atoms with Crippen LogP contribution in [0.2, 0.25) is 0 Å². The number of rotatable bonds is 6. The summed E-state index contributed by atoms with van der Waals surface area (Å²) in [6.45, 7) is 2.87. The minimum atomic E-state index is -0.0620. The average Bonchev–Trinajstić information content (AvgIpc) is 2.53. The van der Waals surface area contributed by atoms with Gasteiger partial charge in [-0.15, -0.1) is 0 Å². The molecule has 0 spiro atoms. The quantitative estimate of drug-likeness (QED) is 0.874. The molecule has 0 aliphatic rings. The van der Waals surface area contributed by atoms with Crippen molar-refractivity contribution in [3.63, 3.8) is 0 Å². The third-order valence-electron chi connectivity index (χ3n) is 3.06. The number of methoxy groups -OCH3 is 2. The van der Waals surface area contributed by atoms with Crippen LogP contribution in [0.4, 0.5) is 0 Å². The van der Waals surface area contributed by atoms with Crippen molar-refractivity contribution < 1.29 is 9.47 Å². The van der Waals surface area contributed by atoms with Gasteiger partial charge in [0.15, 0.2) is 0 Å². The highest BCUT2D eigenvalue weighted by Gasteiger charge is 2.19. The first-order chi connectivity index (χ1) is 9.80. The molecule has 1 atom stereocenters. The molecule has 5 nitrogen and oxygen atoms in total. The van der Waals surface area contributed by atoms with Gasteiger partial charge in [0.25, 0.3) is 0 Å². The molecule has 2 rings (SSSR count). The van der Waals surface area contributed by atoms with E-state index in [1.54, 1.807) is 26.7 Å². The summed E-state index contributed by atoms with van der Waals surface area (Å²) < 4.78 is 10.8. The van der Waals surface area contributed by atoms with E-state index in [1.807, 2.05) is 24.3 Å². The lowest BCUT2D eigenvalue weighted by Crippen LogP contribution is -2.23. The summed E-state index contributed by atoms with van der Waals surface area (Å²) in [6, 6.07) is 7.58. The summed E-state index contributed by atoms with van der Waals surface area (Å²) >= 11 is 0. The third-order valence-corrected chi connectivity index (χ3v) is 3.06. The fourth-order valence-corrected chi connectivity index (χ4v) is 2.11. The van der Waals surface area contributed by atoms with E-state index in [0.29, 0.717) is 0 Å². The third kappa shape index (κ3) is 3.05. The Labute approximate surface area is 119 Å². The average molecular weight is 273 g/mol. The Kier molecular flexibility index (Phi) is 4.90. The molecule has 1 aromatic heterocycles. The number of aromatic nitrogens is 2. The molecule has 5 heteroatoms. The van der Waals surface area contributed by atoms with Gasteiger partial charge < -0.3 is 14.8 Å². The van der Waals surface area contributed by atoms with E-state index in [9.17, 15) is 0 Å². The Hall–Kier alpha value is -2.14. The Bertz CT molecular complexity index is 546. The molecule has 1 unspecified atom stereocenters. The molecular formula is C15H19N3O2. The molecule has 0 bridgehead atoms. The summed E-state index contributed by atoms with van der Waals surface area (Å²) in [5.41, 5.74) is 1.89. The van der Waals surface area contributed by atoms with E-state index in [1.165, 1.54) is 0 Å². The number of hydrogen-bond donors (Lipinski definition) is 1. The molecule has 0 fully saturated rings. The van der Waals surface area contributed by atoms with Crippen LogP contribution < -0.4 is 14.8 Å². The lowest BCUT2D eigenvalue weighted by molar-refractivity contribution is 0.393. The van der Waals surface area contributed by atoms with E-state index < -0.39 is 0 Å². The number of nitrogens with zero attached hydrogens (tertiary/aromatic N) is 2. The van der Waals surface area contributed by atoms with Gasteiger partial charge in [-0.05, 0) is 30.8 Å². The summed E-state index contributed by atoms with van der Waals surface area (Å²) in [4.78, 5) is 8.30. The van der Waals surface area contributed by atoms with Crippen molar-refractivity contribution in [3.05, 3.63) is 48.0 Å². The molecular weight excluding hydrogens is 254 g/mol. The topological polar surface area (TPSA) is 56.3 Å². The Morgan fingerprint density at radius 2 is 2.05 bits per heavy atom. The molecule has 0 amide bonds. The fraction of sp³-hybridized carbons (Fsp3) is 0.333. The van der Waals surface area contributed by atoms with Crippen LogP contribution in [-0.4, -0.2) is 30.7 Å². The van der Waals surface area contributed by atoms with Crippen molar-refractivity contribution in [2.24, 2.45) is 0 Å². The maximum absolute atomic E-state index is 5.45. The smallest absolute Gasteiger partial charge is 0.124 e. The van der Waals surface area contributed by atoms with Crippen LogP contribution in [-0.2, 0) is 0 Å². The van der Waals surface area contributed by atoms with Crippen molar-refractivity contribution in [1.29, 1.82) is 0 Å². The van der Waals surface area contributed by atoms with Crippen LogP contribution in [0, 0.1) is 0 Å². The highest BCUT2D eigenvalue weighted by molar-refractivity contribution is 5.44. The van der Waals surface area contributed by atoms with E-state index >= 15 is 0 Å². The van der Waals surface area contributed by atoms with Crippen LogP contribution in [0.5, 0.6) is 11.5 Å². The Morgan fingerprint density at radius 3 is 2.65 bits per heavy atom. The second-order valence-corrected chi connectivity index (χ2v) is 4.23. The largest absolute Gasteiger partial charge is 0.497 e. The first-order valence-corrected chi connectivity index (χ1v) is 6.51. The van der Waals surface area contributed by atoms with Crippen LogP contribution in [0.25, 0.3) is 0 Å². The number of benzene rings is 1. The fourth-order valence-electron chi connectivity index (χ4n) is 2.11. The highest BCUT2D eigenvalue weighted by Crippen LogP contribution is 2.32. The van der Waals surface area contributed by atoms with Gasteiger partial charge >= 0.3 is 0 Å². The predicted octanol–water partition coefficient (Wildman–Crippen LogP) is 2.19. The van der Waals surface area contributed by atoms with Crippen molar-refractivity contribution in [2.45, 2.75) is 13.0 Å². The van der Waals surface area contributed by atoms with Gasteiger partial charge in [-0.3, -0.25) is 0 Å². The van der Waals surface area contributed by atoms with Gasteiger partial charge in [0, 0.05) is 11.8 Å². The zero-order valence-corrected chi connectivity index (χ0v) is 12.0. The van der Waals surface area contributed by atoms with E-state index in [2.05, 4.69) is 22.2 Å². The maximum Gasteiger partial charge on any atom is 0.124 e. The second-order valence-electron chi connectivity index (χ2n) is 4.23. The molecule has 0 radical (unpaired) electrons. The minimum absolute atomic E-state index is 0.0620. The van der Waals surface area contributed by atoms with Crippen molar-refractivity contribution in [1.82, 2.24) is 15.3 Å². The predicted molar refractivity (Wildman–Crippen MR) is 77.1 cm³/mol. The van der Waals surface area contributed by atoms with Crippen LogP contribution >= 0.6 is 0 Å². The number of hydrogen-bond acceptors (Lipinski definition) is 5. The van der Waals surface area contributed by atoms with Gasteiger partial charge in [-0.1, -0.05) is 6.92 Å². The summed E-state index contributed by atoms with van der Waals surface area (Å²) in [6.07, 6.45) is 3.28. The molecule has 20 heavy (non-hydrogen) atoms. The number of nitrogens with one attached hydrogen (secondary N) is 1. The van der Waals surface area contributed by atoms with Crippen LogP contribution in [0.3, 0.4) is 0 Å².